The molecule has 0 aliphatic carbocycles. The molecule has 1 aromatic heterocycles. The Hall–Kier alpha value is -1.78. The van der Waals surface area contributed by atoms with Gasteiger partial charge in [0.1, 0.15) is 22.8 Å². The Morgan fingerprint density at radius 1 is 1.04 bits per heavy atom. The maximum absolute atomic E-state index is 14.5. The largest absolute Gasteiger partial charge is 0.424 e. The Labute approximate surface area is 163 Å². The van der Waals surface area contributed by atoms with Crippen molar-refractivity contribution in [2.45, 2.75) is 4.90 Å². The Bertz CT molecular complexity index is 1190. The van der Waals surface area contributed by atoms with Crippen molar-refractivity contribution in [1.82, 2.24) is 4.57 Å². The van der Waals surface area contributed by atoms with Gasteiger partial charge in [0, 0.05) is 20.8 Å². The lowest BCUT2D eigenvalue weighted by Crippen LogP contribution is -2.14. The summed E-state index contributed by atoms with van der Waals surface area (Å²) in [4.78, 5) is 11.3. The second-order valence-corrected chi connectivity index (χ2v) is 9.05. The van der Waals surface area contributed by atoms with E-state index in [0.717, 1.165) is 27.6 Å². The van der Waals surface area contributed by atoms with Crippen LogP contribution in [-0.2, 0) is 9.84 Å². The van der Waals surface area contributed by atoms with Crippen LogP contribution in [0, 0.1) is 11.6 Å². The molecule has 5 nitrogen and oxygen atoms in total. The van der Waals surface area contributed by atoms with Crippen LogP contribution in [0.2, 0.25) is 0 Å². The Kier molecular flexibility index (Phi) is 4.93. The molecule has 0 saturated heterocycles. The van der Waals surface area contributed by atoms with E-state index in [-0.39, 0.29) is 11.3 Å². The summed E-state index contributed by atoms with van der Waals surface area (Å²) < 4.78 is 59.0. The molecule has 0 bridgehead atoms. The van der Waals surface area contributed by atoms with E-state index in [4.69, 9.17) is 4.42 Å². The zero-order valence-corrected chi connectivity index (χ0v) is 17.0. The molecule has 0 saturated carbocycles. The van der Waals surface area contributed by atoms with E-state index in [0.29, 0.717) is 16.2 Å². The van der Waals surface area contributed by atoms with Gasteiger partial charge in [-0.1, -0.05) is 0 Å². The van der Waals surface area contributed by atoms with E-state index in [9.17, 15) is 22.0 Å². The highest BCUT2D eigenvalue weighted by Gasteiger charge is 2.22. The summed E-state index contributed by atoms with van der Waals surface area (Å²) in [6.45, 7) is 0. The summed E-state index contributed by atoms with van der Waals surface area (Å²) in [6, 6.07) is 6.13. The number of benzene rings is 2. The van der Waals surface area contributed by atoms with Gasteiger partial charge in [0.15, 0.2) is 9.84 Å². The number of aromatic nitrogens is 1. The Morgan fingerprint density at radius 3 is 2.35 bits per heavy atom. The molecule has 3 aromatic rings. The molecule has 0 radical (unpaired) electrons. The number of rotatable bonds is 3. The van der Waals surface area contributed by atoms with Crippen molar-refractivity contribution in [3.63, 3.8) is 0 Å². The highest BCUT2D eigenvalue weighted by Crippen LogP contribution is 2.31. The van der Waals surface area contributed by atoms with E-state index in [1.165, 1.54) is 0 Å². The van der Waals surface area contributed by atoms with Gasteiger partial charge in [0.25, 0.3) is 0 Å². The summed E-state index contributed by atoms with van der Waals surface area (Å²) in [5.74, 6) is -2.93. The molecule has 3 rings (SSSR count). The van der Waals surface area contributed by atoms with E-state index >= 15 is 0 Å². The van der Waals surface area contributed by atoms with Gasteiger partial charge in [-0.15, -0.1) is 0 Å². The van der Waals surface area contributed by atoms with Gasteiger partial charge in [0.05, 0.1) is 11.4 Å². The molecular formula is C16H9Br2F2NO4S. The lowest BCUT2D eigenvalue weighted by atomic mass is 10.1. The molecule has 0 aliphatic rings. The molecule has 0 amide bonds. The van der Waals surface area contributed by atoms with Crippen LogP contribution in [-0.4, -0.2) is 19.2 Å². The molecule has 0 atom stereocenters. The number of sulfone groups is 1. The van der Waals surface area contributed by atoms with Crippen molar-refractivity contribution in [2.24, 2.45) is 0 Å². The van der Waals surface area contributed by atoms with Crippen LogP contribution >= 0.6 is 31.9 Å². The molecule has 1 heterocycles. The lowest BCUT2D eigenvalue weighted by Gasteiger charge is -2.10. The fourth-order valence-corrected chi connectivity index (χ4v) is 3.72. The van der Waals surface area contributed by atoms with Crippen LogP contribution in [0.1, 0.15) is 0 Å². The van der Waals surface area contributed by atoms with Crippen molar-refractivity contribution in [3.05, 3.63) is 67.7 Å². The molecule has 0 unspecified atom stereocenters. The zero-order chi connectivity index (χ0) is 19.2. The topological polar surface area (TPSA) is 69.3 Å². The number of oxazole rings is 1. The quantitative estimate of drug-likeness (QED) is 0.528. The number of nitrogens with zero attached hydrogens (tertiary/aromatic N) is 1. The number of hydrogen-bond acceptors (Lipinski definition) is 4. The molecule has 0 fully saturated rings. The molecular weight excluding hydrogens is 500 g/mol. The third kappa shape index (κ3) is 3.40. The first kappa shape index (κ1) is 19.0. The average molecular weight is 509 g/mol. The Balaban J connectivity index is 2.26. The smallest absolute Gasteiger partial charge is 0.415 e. The minimum Gasteiger partial charge on any atom is -0.415 e. The molecule has 2 aromatic carbocycles. The van der Waals surface area contributed by atoms with Gasteiger partial charge >= 0.3 is 5.76 Å². The van der Waals surface area contributed by atoms with Crippen LogP contribution in [0.4, 0.5) is 8.78 Å². The van der Waals surface area contributed by atoms with Crippen LogP contribution in [0.15, 0.2) is 59.6 Å². The zero-order valence-electron chi connectivity index (χ0n) is 13.0. The minimum absolute atomic E-state index is 0.0549. The normalized spacial score (nSPS) is 11.7. The SMILES string of the molecule is CS(=O)(=O)c1cc(F)c(-c2coc(=O)n2-c2ccc(Br)c(Br)c2)cc1F. The first-order chi connectivity index (χ1) is 12.1. The second-order valence-electron chi connectivity index (χ2n) is 5.36. The highest BCUT2D eigenvalue weighted by atomic mass is 79.9. The molecule has 0 aliphatic heterocycles. The van der Waals surface area contributed by atoms with Gasteiger partial charge in [-0.3, -0.25) is 0 Å². The van der Waals surface area contributed by atoms with Gasteiger partial charge in [-0.05, 0) is 62.2 Å². The molecule has 10 heteroatoms. The van der Waals surface area contributed by atoms with Gasteiger partial charge in [0.2, 0.25) is 0 Å². The molecule has 26 heavy (non-hydrogen) atoms. The fourth-order valence-electron chi connectivity index (χ4n) is 2.37. The van der Waals surface area contributed by atoms with Crippen LogP contribution < -0.4 is 5.76 Å². The van der Waals surface area contributed by atoms with E-state index in [2.05, 4.69) is 31.9 Å². The molecule has 0 spiro atoms. The van der Waals surface area contributed by atoms with E-state index in [1.54, 1.807) is 18.2 Å². The van der Waals surface area contributed by atoms with Crippen LogP contribution in [0.25, 0.3) is 16.9 Å². The summed E-state index contributed by atoms with van der Waals surface area (Å²) in [5, 5.41) is 0. The van der Waals surface area contributed by atoms with E-state index in [1.807, 2.05) is 0 Å². The van der Waals surface area contributed by atoms with Crippen molar-refractivity contribution in [3.8, 4) is 16.9 Å². The summed E-state index contributed by atoms with van der Waals surface area (Å²) in [7, 11) is -3.94. The third-order valence-corrected chi connectivity index (χ3v) is 6.54. The monoisotopic (exact) mass is 507 g/mol. The predicted octanol–water partition coefficient (Wildman–Crippen LogP) is 4.30. The van der Waals surface area contributed by atoms with Crippen molar-refractivity contribution in [2.75, 3.05) is 6.26 Å². The minimum atomic E-state index is -3.94. The number of hydrogen-bond donors (Lipinski definition) is 0. The predicted molar refractivity (Wildman–Crippen MR) is 98.2 cm³/mol. The van der Waals surface area contributed by atoms with Gasteiger partial charge in [-0.25, -0.2) is 26.6 Å². The second kappa shape index (κ2) is 6.75. The molecule has 136 valence electrons. The number of halogens is 4. The average Bonchev–Trinajstić information content (AvgIpc) is 2.92. The lowest BCUT2D eigenvalue weighted by molar-refractivity contribution is 0.504. The van der Waals surface area contributed by atoms with Gasteiger partial charge in [-0.2, -0.15) is 0 Å². The van der Waals surface area contributed by atoms with Crippen LogP contribution in [0.3, 0.4) is 0 Å². The van der Waals surface area contributed by atoms with Gasteiger partial charge < -0.3 is 4.42 Å². The highest BCUT2D eigenvalue weighted by molar-refractivity contribution is 9.13. The maximum atomic E-state index is 14.5. The third-order valence-electron chi connectivity index (χ3n) is 3.55. The maximum Gasteiger partial charge on any atom is 0.424 e. The van der Waals surface area contributed by atoms with Crippen LogP contribution in [0.5, 0.6) is 0 Å². The van der Waals surface area contributed by atoms with Crippen molar-refractivity contribution in [1.29, 1.82) is 0 Å². The summed E-state index contributed by atoms with van der Waals surface area (Å²) in [5.41, 5.74) is -0.0127. The molecule has 0 N–H and O–H groups in total. The van der Waals surface area contributed by atoms with Crippen molar-refractivity contribution < 1.29 is 21.6 Å². The first-order valence-corrected chi connectivity index (χ1v) is 10.4. The summed E-state index contributed by atoms with van der Waals surface area (Å²) >= 11 is 6.60. The van der Waals surface area contributed by atoms with Crippen molar-refractivity contribution >= 4 is 41.7 Å². The fraction of sp³-hybridized carbons (Fsp3) is 0.0625. The standard InChI is InChI=1S/C16H9Br2F2NO4S/c1-26(23,24)15-6-12(19)9(5-13(15)20)14-7-25-16(22)21(14)8-2-3-10(17)11(18)4-8/h2-7H,1H3. The first-order valence-electron chi connectivity index (χ1n) is 6.95. The van der Waals surface area contributed by atoms with E-state index < -0.39 is 32.1 Å². The Morgan fingerprint density at radius 2 is 1.73 bits per heavy atom. The summed E-state index contributed by atoms with van der Waals surface area (Å²) in [6.07, 6.45) is 1.76.